The smallest absolute Gasteiger partial charge is 0.438 e. The van der Waals surface area contributed by atoms with E-state index in [4.69, 9.17) is 20.5 Å². The molecule has 23 heavy (non-hydrogen) atoms. The van der Waals surface area contributed by atoms with E-state index in [1.807, 2.05) is 61.5 Å². The first-order valence-corrected chi connectivity index (χ1v) is 9.66. The molecule has 0 saturated heterocycles. The first-order valence-electron chi connectivity index (χ1n) is 7.18. The van der Waals surface area contributed by atoms with Crippen molar-refractivity contribution in [2.45, 2.75) is 6.92 Å². The fourth-order valence-corrected chi connectivity index (χ4v) is 4.24. The molecule has 2 aromatic carbocycles. The third kappa shape index (κ3) is 3.39. The lowest BCUT2D eigenvalue weighted by atomic mass is 10.1. The first kappa shape index (κ1) is 16.0. The van der Waals surface area contributed by atoms with Crippen molar-refractivity contribution < 1.29 is 13.8 Å². The molecular formula is C17H17ClNO3P. The predicted octanol–water partition coefficient (Wildman–Crippen LogP) is 5.23. The third-order valence-corrected chi connectivity index (χ3v) is 5.80. The third-order valence-electron chi connectivity index (χ3n) is 3.66. The maximum absolute atomic E-state index is 12.8. The van der Waals surface area contributed by atoms with Crippen molar-refractivity contribution in [1.82, 2.24) is 0 Å². The minimum atomic E-state index is -3.47. The van der Waals surface area contributed by atoms with Gasteiger partial charge in [0.1, 0.15) is 11.5 Å². The van der Waals surface area contributed by atoms with Gasteiger partial charge in [0, 0.05) is 22.5 Å². The number of rotatable bonds is 3. The highest BCUT2D eigenvalue weighted by Gasteiger charge is 2.35. The Bertz CT molecular complexity index is 771. The zero-order valence-electron chi connectivity index (χ0n) is 12.9. The number of nitrogens with zero attached hydrogens (tertiary/aromatic N) is 1. The highest BCUT2D eigenvalue weighted by atomic mass is 35.7. The molecule has 0 radical (unpaired) electrons. The minimum absolute atomic E-state index is 0.422. The van der Waals surface area contributed by atoms with Crippen LogP contribution in [0.4, 0.5) is 5.69 Å². The van der Waals surface area contributed by atoms with Crippen LogP contribution in [0.5, 0.6) is 5.75 Å². The van der Waals surface area contributed by atoms with E-state index in [9.17, 15) is 4.57 Å². The van der Waals surface area contributed by atoms with Gasteiger partial charge in [-0.3, -0.25) is 4.67 Å². The summed E-state index contributed by atoms with van der Waals surface area (Å²) >= 11 is 6.21. The molecule has 1 unspecified atom stereocenters. The lowest BCUT2D eigenvalue weighted by molar-refractivity contribution is 0.414. The Morgan fingerprint density at radius 2 is 1.78 bits per heavy atom. The second-order valence-corrected chi connectivity index (χ2v) is 8.11. The number of ether oxygens (including phenoxy) is 1. The number of hydrogen-bond donors (Lipinski definition) is 0. The normalized spacial score (nSPS) is 20.7. The lowest BCUT2D eigenvalue weighted by Gasteiger charge is -2.32. The highest BCUT2D eigenvalue weighted by molar-refractivity contribution is 7.86. The number of halogens is 1. The van der Waals surface area contributed by atoms with Gasteiger partial charge in [0.2, 0.25) is 0 Å². The molecule has 3 rings (SSSR count). The van der Waals surface area contributed by atoms with Gasteiger partial charge in [-0.15, -0.1) is 0 Å². The summed E-state index contributed by atoms with van der Waals surface area (Å²) in [6.45, 7) is -1.05. The van der Waals surface area contributed by atoms with Crippen LogP contribution in [0.1, 0.15) is 11.1 Å². The van der Waals surface area contributed by atoms with Gasteiger partial charge < -0.3 is 9.26 Å². The van der Waals surface area contributed by atoms with Crippen LogP contribution in [0.25, 0.3) is 5.76 Å². The second kappa shape index (κ2) is 6.31. The quantitative estimate of drug-likeness (QED) is 0.711. The molecule has 1 atom stereocenters. The summed E-state index contributed by atoms with van der Waals surface area (Å²) in [5, 5.41) is 0. The summed E-state index contributed by atoms with van der Waals surface area (Å²) in [7, 11) is 1.61. The zero-order chi connectivity index (χ0) is 16.4. The molecule has 0 amide bonds. The summed E-state index contributed by atoms with van der Waals surface area (Å²) in [5.41, 5.74) is 2.72. The Morgan fingerprint density at radius 1 is 1.13 bits per heavy atom. The Hall–Kier alpha value is -1.90. The van der Waals surface area contributed by atoms with E-state index in [0.29, 0.717) is 12.3 Å². The molecule has 0 fully saturated rings. The highest BCUT2D eigenvalue weighted by Crippen LogP contribution is 2.61. The monoisotopic (exact) mass is 349 g/mol. The van der Waals surface area contributed by atoms with E-state index >= 15 is 0 Å². The Balaban J connectivity index is 1.87. The van der Waals surface area contributed by atoms with E-state index in [1.165, 1.54) is 0 Å². The fourth-order valence-electron chi connectivity index (χ4n) is 2.36. The van der Waals surface area contributed by atoms with Crippen LogP contribution in [-0.2, 0) is 9.09 Å². The summed E-state index contributed by atoms with van der Waals surface area (Å²) < 4.78 is 25.1. The summed E-state index contributed by atoms with van der Waals surface area (Å²) in [6.07, 6.45) is 1.88. The van der Waals surface area contributed by atoms with Crippen molar-refractivity contribution in [2.24, 2.45) is 0 Å². The molecule has 1 heterocycles. The van der Waals surface area contributed by atoms with E-state index in [1.54, 1.807) is 11.8 Å². The average Bonchev–Trinajstić information content (AvgIpc) is 2.55. The van der Waals surface area contributed by atoms with Crippen molar-refractivity contribution in [1.29, 1.82) is 0 Å². The zero-order valence-corrected chi connectivity index (χ0v) is 14.6. The van der Waals surface area contributed by atoms with Crippen LogP contribution in [0, 0.1) is 6.92 Å². The van der Waals surface area contributed by atoms with E-state index in [-0.39, 0.29) is 0 Å². The van der Waals surface area contributed by atoms with Crippen LogP contribution in [-0.4, -0.2) is 13.7 Å². The summed E-state index contributed by atoms with van der Waals surface area (Å²) in [6, 6.07) is 15.0. The molecule has 4 nitrogen and oxygen atoms in total. The van der Waals surface area contributed by atoms with Gasteiger partial charge in [0.25, 0.3) is 0 Å². The van der Waals surface area contributed by atoms with Gasteiger partial charge in [-0.1, -0.05) is 17.7 Å². The topological polar surface area (TPSA) is 38.8 Å². The van der Waals surface area contributed by atoms with Crippen molar-refractivity contribution >= 4 is 29.6 Å². The number of anilines is 1. The number of methoxy groups -OCH3 is 1. The molecule has 0 spiro atoms. The van der Waals surface area contributed by atoms with E-state index in [0.717, 1.165) is 22.6 Å². The SMILES string of the molecule is COc1ccc(C2=CCN(c3ccc(C)cc3)P(=O)(Cl)O2)cc1. The average molecular weight is 350 g/mol. The molecule has 1 aliphatic rings. The van der Waals surface area contributed by atoms with Gasteiger partial charge in [0.05, 0.1) is 13.7 Å². The molecular weight excluding hydrogens is 333 g/mol. The minimum Gasteiger partial charge on any atom is -0.497 e. The maximum atomic E-state index is 12.8. The van der Waals surface area contributed by atoms with Gasteiger partial charge in [-0.05, 0) is 49.4 Å². The van der Waals surface area contributed by atoms with Gasteiger partial charge in [-0.2, -0.15) is 0 Å². The van der Waals surface area contributed by atoms with Crippen LogP contribution in [0.15, 0.2) is 54.6 Å². The van der Waals surface area contributed by atoms with Crippen molar-refractivity contribution in [2.75, 3.05) is 18.3 Å². The maximum Gasteiger partial charge on any atom is 0.438 e. The van der Waals surface area contributed by atoms with Crippen LogP contribution in [0.3, 0.4) is 0 Å². The van der Waals surface area contributed by atoms with Crippen molar-refractivity contribution in [3.05, 3.63) is 65.7 Å². The Morgan fingerprint density at radius 3 is 2.35 bits per heavy atom. The van der Waals surface area contributed by atoms with Crippen molar-refractivity contribution in [3.8, 4) is 5.75 Å². The molecule has 120 valence electrons. The van der Waals surface area contributed by atoms with Crippen LogP contribution < -0.4 is 9.41 Å². The first-order chi connectivity index (χ1) is 11.0. The standard InChI is InChI=1S/C17H17ClNO3P/c1-13-3-7-15(8-4-13)19-12-11-17(22-23(19,18)20)14-5-9-16(21-2)10-6-14/h3-11H,12H2,1-2H3. The molecule has 0 N–H and O–H groups in total. The van der Waals surface area contributed by atoms with E-state index in [2.05, 4.69) is 0 Å². The molecule has 2 aromatic rings. The fraction of sp³-hybridized carbons (Fsp3) is 0.176. The summed E-state index contributed by atoms with van der Waals surface area (Å²) in [4.78, 5) is 0. The Labute approximate surface area is 140 Å². The van der Waals surface area contributed by atoms with Crippen molar-refractivity contribution in [3.63, 3.8) is 0 Å². The van der Waals surface area contributed by atoms with Gasteiger partial charge in [0.15, 0.2) is 0 Å². The molecule has 0 aromatic heterocycles. The Kier molecular flexibility index (Phi) is 4.38. The second-order valence-electron chi connectivity index (χ2n) is 5.26. The van der Waals surface area contributed by atoms with Crippen LogP contribution >= 0.6 is 18.1 Å². The number of hydrogen-bond acceptors (Lipinski definition) is 3. The largest absolute Gasteiger partial charge is 0.497 e. The van der Waals surface area contributed by atoms with Gasteiger partial charge >= 0.3 is 6.87 Å². The predicted molar refractivity (Wildman–Crippen MR) is 94.0 cm³/mol. The van der Waals surface area contributed by atoms with E-state index < -0.39 is 6.87 Å². The van der Waals surface area contributed by atoms with Gasteiger partial charge in [-0.25, -0.2) is 4.57 Å². The molecule has 6 heteroatoms. The number of benzene rings is 2. The van der Waals surface area contributed by atoms with Crippen LogP contribution in [0.2, 0.25) is 0 Å². The molecule has 0 bridgehead atoms. The summed E-state index contributed by atoms with van der Waals surface area (Å²) in [5.74, 6) is 1.27. The molecule has 0 saturated carbocycles. The molecule has 0 aliphatic carbocycles. The number of aryl methyl sites for hydroxylation is 1. The molecule has 1 aliphatic heterocycles. The lowest BCUT2D eigenvalue weighted by Crippen LogP contribution is -2.22.